The summed E-state index contributed by atoms with van der Waals surface area (Å²) in [5.74, 6) is 4.07. The average molecular weight is 395 g/mol. The maximum absolute atomic E-state index is 13.1. The molecule has 13 heteroatoms. The molecule has 1 unspecified atom stereocenters. The first-order valence-corrected chi connectivity index (χ1v) is 9.04. The van der Waals surface area contributed by atoms with Gasteiger partial charge in [0.05, 0.1) is 11.9 Å². The van der Waals surface area contributed by atoms with Gasteiger partial charge < -0.3 is 10.6 Å². The molecule has 0 amide bonds. The van der Waals surface area contributed by atoms with Crippen molar-refractivity contribution in [2.75, 3.05) is 25.5 Å². The van der Waals surface area contributed by atoms with Crippen LogP contribution in [0.15, 0.2) is 15.9 Å². The van der Waals surface area contributed by atoms with Crippen molar-refractivity contribution >= 4 is 35.4 Å². The molecule has 0 aliphatic rings. The van der Waals surface area contributed by atoms with Gasteiger partial charge in [-0.25, -0.2) is 14.2 Å². The van der Waals surface area contributed by atoms with Crippen LogP contribution < -0.4 is 15.8 Å². The van der Waals surface area contributed by atoms with E-state index in [0.717, 1.165) is 4.31 Å². The molecule has 1 heterocycles. The van der Waals surface area contributed by atoms with Gasteiger partial charge in [-0.15, -0.1) is 6.42 Å². The van der Waals surface area contributed by atoms with Crippen molar-refractivity contribution in [3.8, 4) is 12.3 Å². The Morgan fingerprint density at radius 3 is 2.74 bits per heavy atom. The summed E-state index contributed by atoms with van der Waals surface area (Å²) >= 11 is 0. The molecule has 0 fully saturated rings. The van der Waals surface area contributed by atoms with E-state index in [1.54, 1.807) is 0 Å². The van der Waals surface area contributed by atoms with Gasteiger partial charge in [0.1, 0.15) is 13.5 Å². The highest BCUT2D eigenvalue weighted by Crippen LogP contribution is 2.18. The van der Waals surface area contributed by atoms with Gasteiger partial charge >= 0.3 is 0 Å². The summed E-state index contributed by atoms with van der Waals surface area (Å²) in [5.41, 5.74) is 0.0891. The van der Waals surface area contributed by atoms with Crippen molar-refractivity contribution in [2.45, 2.75) is 19.4 Å². The molecule has 0 aliphatic heterocycles. The zero-order valence-corrected chi connectivity index (χ0v) is 15.6. The monoisotopic (exact) mass is 395 g/mol. The second-order valence-electron chi connectivity index (χ2n) is 5.38. The molecule has 1 atom stereocenters. The van der Waals surface area contributed by atoms with Gasteiger partial charge in [-0.05, 0) is 23.7 Å². The van der Waals surface area contributed by atoms with Crippen molar-refractivity contribution in [1.82, 2.24) is 19.9 Å². The molecule has 10 nitrogen and oxygen atoms in total. The lowest BCUT2D eigenvalue weighted by molar-refractivity contribution is 0.307. The molecular formula is C14H19BFN7O3S. The fourth-order valence-electron chi connectivity index (χ4n) is 1.78. The zero-order valence-electron chi connectivity index (χ0n) is 14.8. The molecule has 27 heavy (non-hydrogen) atoms. The van der Waals surface area contributed by atoms with Gasteiger partial charge in [-0.3, -0.25) is 5.41 Å². The number of hydrogen-bond donors (Lipinski definition) is 4. The maximum Gasteiger partial charge on any atom is 0.276 e. The second kappa shape index (κ2) is 9.89. The average Bonchev–Trinajstić information content (AvgIpc) is 3.05. The van der Waals surface area contributed by atoms with Crippen LogP contribution in [0.5, 0.6) is 0 Å². The Balaban J connectivity index is 2.84. The number of anilines is 1. The third-order valence-corrected chi connectivity index (χ3v) is 4.44. The minimum Gasteiger partial charge on any atom is -0.364 e. The van der Waals surface area contributed by atoms with Gasteiger partial charge in [0, 0.05) is 26.0 Å². The zero-order chi connectivity index (χ0) is 20.6. The number of nitrogens with two attached hydrogens (primary N) is 1. The highest BCUT2D eigenvalue weighted by atomic mass is 32.2. The second-order valence-corrected chi connectivity index (χ2v) is 7.03. The molecule has 0 bridgehead atoms. The fraction of sp³-hybridized carbons (Fsp3) is 0.429. The molecule has 0 saturated carbocycles. The van der Waals surface area contributed by atoms with Crippen molar-refractivity contribution in [3.05, 3.63) is 17.0 Å². The van der Waals surface area contributed by atoms with E-state index in [9.17, 15) is 12.8 Å². The molecule has 0 saturated heterocycles. The number of nitrogens with one attached hydrogen (secondary N) is 3. The van der Waals surface area contributed by atoms with Crippen molar-refractivity contribution < 1.29 is 17.4 Å². The number of terminal acetylenes is 1. The summed E-state index contributed by atoms with van der Waals surface area (Å²) in [6.07, 6.45) is 5.40. The summed E-state index contributed by atoms with van der Waals surface area (Å²) in [6, 6.07) is -0.735. The Kier molecular flexibility index (Phi) is 8.20. The van der Waals surface area contributed by atoms with Gasteiger partial charge in [0.2, 0.25) is 5.82 Å². The highest BCUT2D eigenvalue weighted by Gasteiger charge is 2.19. The van der Waals surface area contributed by atoms with Crippen LogP contribution in [-0.2, 0) is 10.2 Å². The van der Waals surface area contributed by atoms with E-state index in [0.29, 0.717) is 0 Å². The number of aromatic nitrogens is 2. The third-order valence-electron chi connectivity index (χ3n) is 3.39. The van der Waals surface area contributed by atoms with Gasteiger partial charge in [-0.2, -0.15) is 12.7 Å². The smallest absolute Gasteiger partial charge is 0.276 e. The van der Waals surface area contributed by atoms with Crippen molar-refractivity contribution in [1.29, 1.82) is 5.41 Å². The molecule has 0 spiro atoms. The van der Waals surface area contributed by atoms with Crippen LogP contribution in [0.25, 0.3) is 5.70 Å². The van der Waals surface area contributed by atoms with Crippen LogP contribution in [0, 0.1) is 17.8 Å². The molecule has 5 N–H and O–H groups in total. The van der Waals surface area contributed by atoms with Gasteiger partial charge in [0.15, 0.2) is 5.69 Å². The lowest BCUT2D eigenvalue weighted by Gasteiger charge is -2.16. The molecule has 0 aromatic carbocycles. The molecular weight excluding hydrogens is 376 g/mol. The first-order valence-electron chi connectivity index (χ1n) is 7.54. The number of hydrogen-bond acceptors (Lipinski definition) is 8. The standard InChI is InChI=1S/C14H19BFN7O3S/c1-4-10(7-11(15)9(2)16)20-12(8-17)13-14(22-26-21-13)19-5-6-23(3)27(18,24)25/h1,10,17,20H,5-7H2,2-3H3,(H,19,22)(H2,18,24,25)/b11-9-. The lowest BCUT2D eigenvalue weighted by Crippen LogP contribution is -2.36. The van der Waals surface area contributed by atoms with E-state index >= 15 is 0 Å². The Bertz CT molecular complexity index is 883. The lowest BCUT2D eigenvalue weighted by atomic mass is 9.88. The number of allylic oxidation sites excluding steroid dienone is 1. The topological polar surface area (TPSA) is 150 Å². The Morgan fingerprint density at radius 1 is 1.56 bits per heavy atom. The quantitative estimate of drug-likeness (QED) is 0.238. The minimum atomic E-state index is -3.81. The molecule has 1 rings (SSSR count). The third kappa shape index (κ3) is 6.88. The normalized spacial score (nSPS) is 13.3. The van der Waals surface area contributed by atoms with Crippen molar-refractivity contribution in [2.24, 2.45) is 5.14 Å². The summed E-state index contributed by atoms with van der Waals surface area (Å²) in [7, 11) is 3.06. The highest BCUT2D eigenvalue weighted by molar-refractivity contribution is 7.86. The van der Waals surface area contributed by atoms with Crippen LogP contribution >= 0.6 is 0 Å². The van der Waals surface area contributed by atoms with Crippen LogP contribution in [0.2, 0.25) is 0 Å². The van der Waals surface area contributed by atoms with E-state index < -0.39 is 22.1 Å². The molecule has 144 valence electrons. The van der Waals surface area contributed by atoms with E-state index in [4.69, 9.17) is 24.8 Å². The number of nitrogens with zero attached hydrogens (tertiary/aromatic N) is 3. The summed E-state index contributed by atoms with van der Waals surface area (Å²) in [6.45, 7) is 1.39. The first-order chi connectivity index (χ1) is 12.6. The predicted octanol–water partition coefficient (Wildman–Crippen LogP) is -0.443. The minimum absolute atomic E-state index is 0.00277. The fourth-order valence-corrected chi connectivity index (χ4v) is 2.12. The van der Waals surface area contributed by atoms with Gasteiger partial charge in [0.25, 0.3) is 10.2 Å². The Morgan fingerprint density at radius 2 is 2.22 bits per heavy atom. The van der Waals surface area contributed by atoms with E-state index in [-0.39, 0.29) is 42.2 Å². The van der Waals surface area contributed by atoms with Crippen LogP contribution in [0.3, 0.4) is 0 Å². The van der Waals surface area contributed by atoms with Gasteiger partial charge in [-0.1, -0.05) is 11.4 Å². The maximum atomic E-state index is 13.1. The van der Waals surface area contributed by atoms with E-state index in [1.807, 2.05) is 0 Å². The van der Waals surface area contributed by atoms with Crippen molar-refractivity contribution in [3.63, 3.8) is 0 Å². The Labute approximate surface area is 158 Å². The van der Waals surface area contributed by atoms with Crippen LogP contribution in [-0.4, -0.2) is 62.9 Å². The largest absolute Gasteiger partial charge is 0.364 e. The molecule has 2 radical (unpaired) electrons. The van der Waals surface area contributed by atoms with E-state index in [1.165, 1.54) is 14.0 Å². The molecule has 0 aliphatic carbocycles. The number of halogens is 1. The van der Waals surface area contributed by atoms with E-state index in [2.05, 4.69) is 37.4 Å². The Hall–Kier alpha value is -2.65. The number of rotatable bonds is 10. The number of likely N-dealkylation sites (N-methyl/N-ethyl adjacent to an activating group) is 1. The summed E-state index contributed by atoms with van der Waals surface area (Å²) in [4.78, 5) is 0. The predicted molar refractivity (Wildman–Crippen MR) is 99.6 cm³/mol. The summed E-state index contributed by atoms with van der Waals surface area (Å²) in [5, 5.41) is 25.3. The molecule has 1 aromatic heterocycles. The molecule has 1 aromatic rings. The van der Waals surface area contributed by atoms with Crippen LogP contribution in [0.1, 0.15) is 19.0 Å². The van der Waals surface area contributed by atoms with Crippen LogP contribution in [0.4, 0.5) is 10.2 Å². The summed E-state index contributed by atoms with van der Waals surface area (Å²) < 4.78 is 41.0. The SMILES string of the molecule is [B]/C(CC(C#C)NC(=C=N)c1nonc1NCCN(C)S(N)(=O)=O)=C(/C)F. The first kappa shape index (κ1) is 22.4.